The molecule has 90 valence electrons. The molecule has 2 N–H and O–H groups in total. The van der Waals surface area contributed by atoms with E-state index in [0.29, 0.717) is 17.0 Å². The van der Waals surface area contributed by atoms with Crippen molar-refractivity contribution in [2.75, 3.05) is 25.0 Å². The standard InChI is InChI=1S/C10H15ClN4.ClH/c1-7-4-13-10(15-9(7)11)14-6-8-2-3-12-5-8;/h4,8,12H,2-3,5-6H2,1H3,(H,13,14,15);1H. The molecule has 16 heavy (non-hydrogen) atoms. The van der Waals surface area contributed by atoms with Gasteiger partial charge in [0.25, 0.3) is 0 Å². The van der Waals surface area contributed by atoms with Gasteiger partial charge in [0.05, 0.1) is 0 Å². The zero-order chi connectivity index (χ0) is 10.7. The van der Waals surface area contributed by atoms with E-state index < -0.39 is 0 Å². The average molecular weight is 263 g/mol. The number of anilines is 1. The average Bonchev–Trinajstić information content (AvgIpc) is 2.73. The van der Waals surface area contributed by atoms with Crippen molar-refractivity contribution in [3.8, 4) is 0 Å². The zero-order valence-corrected chi connectivity index (χ0v) is 10.7. The molecule has 0 radical (unpaired) electrons. The van der Waals surface area contributed by atoms with Crippen LogP contribution in [0.2, 0.25) is 5.15 Å². The van der Waals surface area contributed by atoms with E-state index in [1.165, 1.54) is 6.42 Å². The molecule has 2 heterocycles. The van der Waals surface area contributed by atoms with Gasteiger partial charge >= 0.3 is 0 Å². The number of hydrogen-bond acceptors (Lipinski definition) is 4. The number of aryl methyl sites for hydroxylation is 1. The minimum Gasteiger partial charge on any atom is -0.354 e. The molecule has 4 nitrogen and oxygen atoms in total. The first kappa shape index (κ1) is 13.5. The number of rotatable bonds is 3. The van der Waals surface area contributed by atoms with Crippen molar-refractivity contribution in [1.29, 1.82) is 0 Å². The van der Waals surface area contributed by atoms with Crippen molar-refractivity contribution >= 4 is 30.0 Å². The zero-order valence-electron chi connectivity index (χ0n) is 9.16. The van der Waals surface area contributed by atoms with Gasteiger partial charge in [-0.25, -0.2) is 9.97 Å². The molecule has 1 aliphatic rings. The fraction of sp³-hybridized carbons (Fsp3) is 0.600. The van der Waals surface area contributed by atoms with E-state index in [-0.39, 0.29) is 12.4 Å². The molecule has 2 rings (SSSR count). The fourth-order valence-corrected chi connectivity index (χ4v) is 1.76. The first-order valence-electron chi connectivity index (χ1n) is 5.19. The summed E-state index contributed by atoms with van der Waals surface area (Å²) in [5.41, 5.74) is 0.907. The van der Waals surface area contributed by atoms with Crippen LogP contribution in [-0.4, -0.2) is 29.6 Å². The summed E-state index contributed by atoms with van der Waals surface area (Å²) in [6.45, 7) is 4.99. The molecular formula is C10H16Cl2N4. The van der Waals surface area contributed by atoms with Crippen molar-refractivity contribution in [3.63, 3.8) is 0 Å². The van der Waals surface area contributed by atoms with Gasteiger partial charge in [-0.1, -0.05) is 11.6 Å². The third-order valence-electron chi connectivity index (χ3n) is 2.62. The van der Waals surface area contributed by atoms with Crippen LogP contribution in [0.1, 0.15) is 12.0 Å². The molecule has 0 amide bonds. The highest BCUT2D eigenvalue weighted by Gasteiger charge is 2.14. The predicted molar refractivity (Wildman–Crippen MR) is 68.5 cm³/mol. The van der Waals surface area contributed by atoms with Gasteiger partial charge in [-0.2, -0.15) is 0 Å². The van der Waals surface area contributed by atoms with E-state index in [1.54, 1.807) is 6.20 Å². The molecule has 0 bridgehead atoms. The number of halogens is 2. The highest BCUT2D eigenvalue weighted by atomic mass is 35.5. The smallest absolute Gasteiger partial charge is 0.224 e. The van der Waals surface area contributed by atoms with Crippen molar-refractivity contribution < 1.29 is 0 Å². The first-order valence-corrected chi connectivity index (χ1v) is 5.57. The Kier molecular flexibility index (Phi) is 5.25. The van der Waals surface area contributed by atoms with Crippen LogP contribution >= 0.6 is 24.0 Å². The van der Waals surface area contributed by atoms with E-state index in [9.17, 15) is 0 Å². The van der Waals surface area contributed by atoms with E-state index in [2.05, 4.69) is 20.6 Å². The Hall–Kier alpha value is -0.580. The molecule has 0 aliphatic carbocycles. The second-order valence-corrected chi connectivity index (χ2v) is 4.27. The van der Waals surface area contributed by atoms with Gasteiger partial charge in [-0.05, 0) is 32.4 Å². The Labute approximate surface area is 107 Å². The Balaban J connectivity index is 0.00000128. The fourth-order valence-electron chi connectivity index (χ4n) is 1.63. The summed E-state index contributed by atoms with van der Waals surface area (Å²) >= 11 is 5.91. The Morgan fingerprint density at radius 3 is 3.06 bits per heavy atom. The summed E-state index contributed by atoms with van der Waals surface area (Å²) in [6, 6.07) is 0. The third-order valence-corrected chi connectivity index (χ3v) is 3.00. The van der Waals surface area contributed by atoms with Crippen LogP contribution in [0.4, 0.5) is 5.95 Å². The van der Waals surface area contributed by atoms with Crippen molar-refractivity contribution in [3.05, 3.63) is 16.9 Å². The largest absolute Gasteiger partial charge is 0.354 e. The Morgan fingerprint density at radius 2 is 2.44 bits per heavy atom. The molecule has 1 aromatic rings. The summed E-state index contributed by atoms with van der Waals surface area (Å²) in [7, 11) is 0. The molecule has 1 aliphatic heterocycles. The van der Waals surface area contributed by atoms with Crippen LogP contribution in [0.25, 0.3) is 0 Å². The molecule has 0 saturated carbocycles. The third kappa shape index (κ3) is 3.47. The van der Waals surface area contributed by atoms with Crippen LogP contribution in [0.3, 0.4) is 0 Å². The predicted octanol–water partition coefficient (Wildman–Crippen LogP) is 1.88. The number of aromatic nitrogens is 2. The van der Waals surface area contributed by atoms with Gasteiger partial charge < -0.3 is 10.6 Å². The topological polar surface area (TPSA) is 49.8 Å². The summed E-state index contributed by atoms with van der Waals surface area (Å²) in [5, 5.41) is 7.06. The summed E-state index contributed by atoms with van der Waals surface area (Å²) in [4.78, 5) is 8.33. The maximum absolute atomic E-state index is 5.91. The van der Waals surface area contributed by atoms with E-state index in [4.69, 9.17) is 11.6 Å². The van der Waals surface area contributed by atoms with Crippen molar-refractivity contribution in [2.45, 2.75) is 13.3 Å². The second-order valence-electron chi connectivity index (χ2n) is 3.91. The number of nitrogens with one attached hydrogen (secondary N) is 2. The van der Waals surface area contributed by atoms with Gasteiger partial charge in [0.15, 0.2) is 0 Å². The molecule has 0 aromatic carbocycles. The van der Waals surface area contributed by atoms with Crippen LogP contribution in [0.5, 0.6) is 0 Å². The van der Waals surface area contributed by atoms with Gasteiger partial charge in [-0.3, -0.25) is 0 Å². The lowest BCUT2D eigenvalue weighted by Crippen LogP contribution is -2.18. The summed E-state index contributed by atoms with van der Waals surface area (Å²) in [6.07, 6.45) is 2.96. The van der Waals surface area contributed by atoms with Gasteiger partial charge in [0.2, 0.25) is 5.95 Å². The van der Waals surface area contributed by atoms with E-state index in [1.807, 2.05) is 6.92 Å². The number of hydrogen-bond donors (Lipinski definition) is 2. The van der Waals surface area contributed by atoms with Gasteiger partial charge in [0, 0.05) is 18.3 Å². The van der Waals surface area contributed by atoms with E-state index >= 15 is 0 Å². The minimum absolute atomic E-state index is 0. The maximum Gasteiger partial charge on any atom is 0.224 e. The van der Waals surface area contributed by atoms with Crippen LogP contribution < -0.4 is 10.6 Å². The molecular weight excluding hydrogens is 247 g/mol. The monoisotopic (exact) mass is 262 g/mol. The molecule has 0 spiro atoms. The minimum atomic E-state index is 0. The van der Waals surface area contributed by atoms with Crippen LogP contribution in [-0.2, 0) is 0 Å². The van der Waals surface area contributed by atoms with Crippen molar-refractivity contribution in [2.24, 2.45) is 5.92 Å². The summed E-state index contributed by atoms with van der Waals surface area (Å²) in [5.74, 6) is 1.30. The lowest BCUT2D eigenvalue weighted by atomic mass is 10.1. The van der Waals surface area contributed by atoms with Gasteiger partial charge in [0.1, 0.15) is 5.15 Å². The Bertz CT molecular complexity index is 340. The number of nitrogens with zero attached hydrogens (tertiary/aromatic N) is 2. The molecule has 1 atom stereocenters. The first-order chi connectivity index (χ1) is 7.25. The summed E-state index contributed by atoms with van der Waals surface area (Å²) < 4.78 is 0. The quantitative estimate of drug-likeness (QED) is 0.817. The van der Waals surface area contributed by atoms with Crippen LogP contribution in [0, 0.1) is 12.8 Å². The van der Waals surface area contributed by atoms with Crippen LogP contribution in [0.15, 0.2) is 6.20 Å². The molecule has 1 aromatic heterocycles. The lowest BCUT2D eigenvalue weighted by Gasteiger charge is -2.10. The normalized spacial score (nSPS) is 19.2. The maximum atomic E-state index is 5.91. The van der Waals surface area contributed by atoms with Gasteiger partial charge in [-0.15, -0.1) is 12.4 Å². The highest BCUT2D eigenvalue weighted by molar-refractivity contribution is 6.30. The lowest BCUT2D eigenvalue weighted by molar-refractivity contribution is 0.613. The molecule has 1 fully saturated rings. The molecule has 1 saturated heterocycles. The SMILES string of the molecule is Cc1cnc(NCC2CCNC2)nc1Cl.Cl. The van der Waals surface area contributed by atoms with Crippen molar-refractivity contribution in [1.82, 2.24) is 15.3 Å². The molecule has 6 heteroatoms. The Morgan fingerprint density at radius 1 is 1.62 bits per heavy atom. The molecule has 1 unspecified atom stereocenters. The second kappa shape index (κ2) is 6.23. The van der Waals surface area contributed by atoms with E-state index in [0.717, 1.165) is 25.2 Å². The highest BCUT2D eigenvalue weighted by Crippen LogP contribution is 2.13.